The van der Waals surface area contributed by atoms with Crippen LogP contribution in [-0.4, -0.2) is 15.5 Å². The average molecular weight is 382 g/mol. The number of aromatic nitrogens is 2. The first kappa shape index (κ1) is 17.9. The number of ether oxygens (including phenoxy) is 1. The Kier molecular flexibility index (Phi) is 4.65. The lowest BCUT2D eigenvalue weighted by molar-refractivity contribution is -0.143. The van der Waals surface area contributed by atoms with E-state index in [1.54, 1.807) is 30.3 Å². The Balaban J connectivity index is 1.53. The number of benzene rings is 2. The number of esters is 1. The Morgan fingerprint density at radius 2 is 1.93 bits per heavy atom. The maximum absolute atomic E-state index is 13.5. The third-order valence-electron chi connectivity index (χ3n) is 4.30. The number of hydrogen-bond acceptors (Lipinski definition) is 4. The van der Waals surface area contributed by atoms with Gasteiger partial charge < -0.3 is 9.15 Å². The lowest BCUT2D eigenvalue weighted by Gasteiger charge is -2.14. The second kappa shape index (κ2) is 7.26. The van der Waals surface area contributed by atoms with Gasteiger partial charge in [-0.25, -0.2) is 9.78 Å². The van der Waals surface area contributed by atoms with Gasteiger partial charge >= 0.3 is 12.5 Å². The van der Waals surface area contributed by atoms with Crippen LogP contribution < -0.4 is 0 Å². The molecule has 4 rings (SSSR count). The fourth-order valence-electron chi connectivity index (χ4n) is 3.06. The van der Waals surface area contributed by atoms with Gasteiger partial charge in [-0.15, -0.1) is 0 Å². The zero-order valence-corrected chi connectivity index (χ0v) is 14.9. The average Bonchev–Trinajstić information content (AvgIpc) is 3.27. The first-order valence-electron chi connectivity index (χ1n) is 8.65. The first-order valence-corrected chi connectivity index (χ1v) is 8.65. The summed E-state index contributed by atoms with van der Waals surface area (Å²) in [4.78, 5) is 16.3. The predicted molar refractivity (Wildman–Crippen MR) is 101 cm³/mol. The Morgan fingerprint density at radius 1 is 1.18 bits per heavy atom. The Bertz CT molecular complexity index is 1140. The second-order valence-corrected chi connectivity index (χ2v) is 6.21. The summed E-state index contributed by atoms with van der Waals surface area (Å²) in [7, 11) is 0. The van der Waals surface area contributed by atoms with E-state index in [-0.39, 0.29) is 11.3 Å². The summed E-state index contributed by atoms with van der Waals surface area (Å²) in [6.07, 6.45) is 1.73. The van der Waals surface area contributed by atoms with E-state index in [1.807, 2.05) is 24.3 Å². The molecule has 1 unspecified atom stereocenters. The van der Waals surface area contributed by atoms with Crippen LogP contribution in [0.25, 0.3) is 28.1 Å². The summed E-state index contributed by atoms with van der Waals surface area (Å²) in [6.45, 7) is -1.29. The minimum absolute atomic E-state index is 0.0123. The molecule has 2 heterocycles. The van der Waals surface area contributed by atoms with Crippen molar-refractivity contribution in [3.05, 3.63) is 72.3 Å². The molecule has 0 fully saturated rings. The van der Waals surface area contributed by atoms with Crippen molar-refractivity contribution >= 4 is 34.0 Å². The number of hydrogen-bond donors (Lipinski definition) is 0. The van der Waals surface area contributed by atoms with Gasteiger partial charge in [0.1, 0.15) is 11.3 Å². The summed E-state index contributed by atoms with van der Waals surface area (Å²) in [5, 5.41) is 0.912. The highest BCUT2D eigenvalue weighted by atomic mass is 19.3. The minimum Gasteiger partial charge on any atom is -0.457 e. The number of carbonyl (C=O) groups excluding carboxylic acids is 1. The van der Waals surface area contributed by atoms with Crippen LogP contribution in [0, 0.1) is 0 Å². The number of furan rings is 1. The molecule has 0 radical (unpaired) electrons. The van der Waals surface area contributed by atoms with Crippen molar-refractivity contribution in [1.82, 2.24) is 9.55 Å². The van der Waals surface area contributed by atoms with Crippen molar-refractivity contribution in [1.29, 1.82) is 0 Å². The molecule has 28 heavy (non-hydrogen) atoms. The van der Waals surface area contributed by atoms with Crippen LogP contribution in [0.15, 0.2) is 65.1 Å². The maximum Gasteiger partial charge on any atom is 0.331 e. The van der Waals surface area contributed by atoms with E-state index in [4.69, 9.17) is 9.15 Å². The monoisotopic (exact) mass is 382 g/mol. The van der Waals surface area contributed by atoms with Crippen molar-refractivity contribution in [2.24, 2.45) is 0 Å². The highest BCUT2D eigenvalue weighted by molar-refractivity contribution is 5.88. The smallest absolute Gasteiger partial charge is 0.331 e. The summed E-state index contributed by atoms with van der Waals surface area (Å²) < 4.78 is 38.7. The molecular weight excluding hydrogens is 366 g/mol. The molecule has 0 aliphatic heterocycles. The number of halogens is 2. The van der Waals surface area contributed by atoms with Crippen molar-refractivity contribution in [2.75, 3.05) is 0 Å². The second-order valence-electron chi connectivity index (χ2n) is 6.21. The van der Waals surface area contributed by atoms with Crippen LogP contribution in [0.2, 0.25) is 0 Å². The van der Waals surface area contributed by atoms with Gasteiger partial charge in [0.2, 0.25) is 0 Å². The van der Waals surface area contributed by atoms with E-state index in [0.717, 1.165) is 9.95 Å². The first-order chi connectivity index (χ1) is 13.5. The molecular formula is C21H16F2N2O3. The molecule has 2 aromatic heterocycles. The molecule has 0 spiro atoms. The van der Waals surface area contributed by atoms with Crippen LogP contribution in [0.3, 0.4) is 0 Å². The number of fused-ring (bicyclic) bond motifs is 2. The number of para-hydroxylation sites is 3. The molecule has 4 aromatic rings. The van der Waals surface area contributed by atoms with Crippen LogP contribution >= 0.6 is 0 Å². The van der Waals surface area contributed by atoms with Crippen molar-refractivity contribution in [2.45, 2.75) is 19.6 Å². The van der Waals surface area contributed by atoms with Crippen molar-refractivity contribution in [3.63, 3.8) is 0 Å². The van der Waals surface area contributed by atoms with Crippen molar-refractivity contribution in [3.8, 4) is 0 Å². The molecule has 0 aliphatic carbocycles. The normalized spacial score (nSPS) is 13.0. The summed E-state index contributed by atoms with van der Waals surface area (Å²) in [6, 6.07) is 15.8. The largest absolute Gasteiger partial charge is 0.457 e. The molecule has 0 saturated carbocycles. The van der Waals surface area contributed by atoms with E-state index in [9.17, 15) is 13.6 Å². The topological polar surface area (TPSA) is 57.3 Å². The highest BCUT2D eigenvalue weighted by Crippen LogP contribution is 2.28. The third kappa shape index (κ3) is 3.38. The zero-order chi connectivity index (χ0) is 19.7. The minimum atomic E-state index is -2.80. The number of imidazole rings is 1. The van der Waals surface area contributed by atoms with Gasteiger partial charge in [-0.1, -0.05) is 30.3 Å². The summed E-state index contributed by atoms with van der Waals surface area (Å²) in [5.74, 6) is -0.201. The van der Waals surface area contributed by atoms with Gasteiger partial charge in [0.15, 0.2) is 11.9 Å². The van der Waals surface area contributed by atoms with Gasteiger partial charge in [0.25, 0.3) is 0 Å². The van der Waals surface area contributed by atoms with Gasteiger partial charge in [-0.05, 0) is 37.3 Å². The van der Waals surface area contributed by atoms with Gasteiger partial charge in [0, 0.05) is 11.5 Å². The molecule has 0 saturated heterocycles. The SMILES string of the molecule is CC(OC(=O)/C=C/c1cc2ccccc2o1)c1nc2ccccc2n1C(F)F. The molecule has 0 N–H and O–H groups in total. The Labute approximate surface area is 158 Å². The lowest BCUT2D eigenvalue weighted by atomic mass is 10.2. The Hall–Kier alpha value is -3.48. The molecule has 7 heteroatoms. The van der Waals surface area contributed by atoms with Gasteiger partial charge in [0.05, 0.1) is 11.0 Å². The Morgan fingerprint density at radius 3 is 2.71 bits per heavy atom. The number of nitrogens with zero attached hydrogens (tertiary/aromatic N) is 2. The van der Waals surface area contributed by atoms with E-state index in [0.29, 0.717) is 16.9 Å². The lowest BCUT2D eigenvalue weighted by Crippen LogP contribution is -2.13. The van der Waals surface area contributed by atoms with Crippen LogP contribution in [0.1, 0.15) is 31.2 Å². The quantitative estimate of drug-likeness (QED) is 0.338. The standard InChI is InChI=1S/C21H16F2N2O3/c1-13(20-24-16-7-3-4-8-17(16)25(20)21(22)23)27-19(26)11-10-15-12-14-6-2-5-9-18(14)28-15/h2-13,21H,1H3/b11-10+. The molecule has 0 amide bonds. The van der Waals surface area contributed by atoms with E-state index in [2.05, 4.69) is 4.98 Å². The number of alkyl halides is 2. The van der Waals surface area contributed by atoms with Gasteiger partial charge in [-0.2, -0.15) is 8.78 Å². The van der Waals surface area contributed by atoms with E-state index >= 15 is 0 Å². The highest BCUT2D eigenvalue weighted by Gasteiger charge is 2.23. The summed E-state index contributed by atoms with van der Waals surface area (Å²) >= 11 is 0. The van der Waals surface area contributed by atoms with Crippen LogP contribution in [0.5, 0.6) is 0 Å². The van der Waals surface area contributed by atoms with Crippen LogP contribution in [0.4, 0.5) is 8.78 Å². The molecule has 0 aliphatic rings. The molecule has 5 nitrogen and oxygen atoms in total. The number of carbonyl (C=O) groups is 1. The van der Waals surface area contributed by atoms with Crippen molar-refractivity contribution < 1.29 is 22.7 Å². The molecule has 1 atom stereocenters. The van der Waals surface area contributed by atoms with Gasteiger partial charge in [-0.3, -0.25) is 4.57 Å². The maximum atomic E-state index is 13.5. The summed E-state index contributed by atoms with van der Waals surface area (Å²) in [5.41, 5.74) is 1.40. The molecule has 142 valence electrons. The molecule has 2 aromatic carbocycles. The zero-order valence-electron chi connectivity index (χ0n) is 14.9. The predicted octanol–water partition coefficient (Wildman–Crippen LogP) is 5.50. The fraction of sp³-hybridized carbons (Fsp3) is 0.143. The fourth-order valence-corrected chi connectivity index (χ4v) is 3.06. The molecule has 0 bridgehead atoms. The number of rotatable bonds is 5. The van der Waals surface area contributed by atoms with E-state index < -0.39 is 18.6 Å². The van der Waals surface area contributed by atoms with E-state index in [1.165, 1.54) is 19.1 Å². The third-order valence-corrected chi connectivity index (χ3v) is 4.30. The van der Waals surface area contributed by atoms with Crippen LogP contribution in [-0.2, 0) is 9.53 Å².